The summed E-state index contributed by atoms with van der Waals surface area (Å²) in [5.41, 5.74) is 1.01. The third-order valence-electron chi connectivity index (χ3n) is 4.72. The van der Waals surface area contributed by atoms with Crippen molar-refractivity contribution >= 4 is 15.9 Å². The molecule has 98 valence electrons. The predicted molar refractivity (Wildman–Crippen MR) is 72.7 cm³/mol. The van der Waals surface area contributed by atoms with Crippen LogP contribution in [0.3, 0.4) is 0 Å². The summed E-state index contributed by atoms with van der Waals surface area (Å²) in [7, 11) is 0. The minimum Gasteiger partial charge on any atom is -0.392 e. The molecule has 3 rings (SSSR count). The van der Waals surface area contributed by atoms with Gasteiger partial charge in [-0.25, -0.2) is 4.39 Å². The average molecular weight is 313 g/mol. The van der Waals surface area contributed by atoms with Crippen molar-refractivity contribution in [2.24, 2.45) is 17.8 Å². The Morgan fingerprint density at radius 1 is 1.33 bits per heavy atom. The SMILES string of the molecule is OC(Cc1ccc(F)c(Br)c1)C1CC2CCC1C2. The lowest BCUT2D eigenvalue weighted by atomic mass is 9.82. The molecule has 4 atom stereocenters. The molecule has 0 spiro atoms. The molecule has 0 heterocycles. The largest absolute Gasteiger partial charge is 0.392 e. The molecule has 2 aliphatic rings. The Morgan fingerprint density at radius 2 is 2.17 bits per heavy atom. The zero-order valence-corrected chi connectivity index (χ0v) is 11.9. The van der Waals surface area contributed by atoms with Gasteiger partial charge in [0.25, 0.3) is 0 Å². The number of hydrogen-bond acceptors (Lipinski definition) is 1. The smallest absolute Gasteiger partial charge is 0.137 e. The highest BCUT2D eigenvalue weighted by atomic mass is 79.9. The Kier molecular flexibility index (Phi) is 3.46. The van der Waals surface area contributed by atoms with Crippen molar-refractivity contribution < 1.29 is 9.50 Å². The second-order valence-corrected chi connectivity index (χ2v) is 6.71. The number of aliphatic hydroxyl groups is 1. The van der Waals surface area contributed by atoms with Crippen LogP contribution in [-0.4, -0.2) is 11.2 Å². The zero-order valence-electron chi connectivity index (χ0n) is 10.3. The molecule has 3 heteroatoms. The first kappa shape index (κ1) is 12.6. The van der Waals surface area contributed by atoms with Crippen LogP contribution in [0.1, 0.15) is 31.2 Å². The topological polar surface area (TPSA) is 20.2 Å². The summed E-state index contributed by atoms with van der Waals surface area (Å²) in [5.74, 6) is 1.81. The third kappa shape index (κ3) is 2.35. The van der Waals surface area contributed by atoms with E-state index in [1.165, 1.54) is 31.7 Å². The van der Waals surface area contributed by atoms with Gasteiger partial charge in [-0.2, -0.15) is 0 Å². The lowest BCUT2D eigenvalue weighted by molar-refractivity contribution is 0.0750. The standard InChI is InChI=1S/C15H18BrFO/c16-13-7-10(2-4-14(13)17)8-15(18)12-6-9-1-3-11(12)5-9/h2,4,7,9,11-12,15,18H,1,3,5-6,8H2. The first-order valence-electron chi connectivity index (χ1n) is 6.75. The predicted octanol–water partition coefficient (Wildman–Crippen LogP) is 3.93. The van der Waals surface area contributed by atoms with Gasteiger partial charge in [0.05, 0.1) is 10.6 Å². The third-order valence-corrected chi connectivity index (χ3v) is 5.32. The van der Waals surface area contributed by atoms with Crippen LogP contribution in [0, 0.1) is 23.6 Å². The molecule has 0 aliphatic heterocycles. The fourth-order valence-corrected chi connectivity index (χ4v) is 4.25. The summed E-state index contributed by atoms with van der Waals surface area (Å²) < 4.78 is 13.6. The number of benzene rings is 1. The Hall–Kier alpha value is -0.410. The van der Waals surface area contributed by atoms with Crippen LogP contribution in [0.2, 0.25) is 0 Å². The minimum atomic E-state index is -0.266. The Morgan fingerprint density at radius 3 is 2.78 bits per heavy atom. The van der Waals surface area contributed by atoms with E-state index in [1.54, 1.807) is 12.1 Å². The van der Waals surface area contributed by atoms with E-state index in [9.17, 15) is 9.50 Å². The molecular weight excluding hydrogens is 295 g/mol. The number of halogens is 2. The van der Waals surface area contributed by atoms with E-state index in [0.29, 0.717) is 16.8 Å². The van der Waals surface area contributed by atoms with E-state index in [2.05, 4.69) is 15.9 Å². The van der Waals surface area contributed by atoms with Gasteiger partial charge in [0.1, 0.15) is 5.82 Å². The molecule has 0 aromatic heterocycles. The second kappa shape index (κ2) is 4.93. The summed E-state index contributed by atoms with van der Waals surface area (Å²) in [6.45, 7) is 0. The van der Waals surface area contributed by atoms with Gasteiger partial charge < -0.3 is 5.11 Å². The number of hydrogen-bond donors (Lipinski definition) is 1. The lowest BCUT2D eigenvalue weighted by Crippen LogP contribution is -2.27. The monoisotopic (exact) mass is 312 g/mol. The summed E-state index contributed by atoms with van der Waals surface area (Å²) in [4.78, 5) is 0. The highest BCUT2D eigenvalue weighted by molar-refractivity contribution is 9.10. The van der Waals surface area contributed by atoms with Crippen molar-refractivity contribution in [3.63, 3.8) is 0 Å². The van der Waals surface area contributed by atoms with Crippen LogP contribution in [0.5, 0.6) is 0 Å². The van der Waals surface area contributed by atoms with E-state index in [4.69, 9.17) is 0 Å². The van der Waals surface area contributed by atoms with Gasteiger partial charge in [0.15, 0.2) is 0 Å². The lowest BCUT2D eigenvalue weighted by Gasteiger charge is -2.26. The highest BCUT2D eigenvalue weighted by Crippen LogP contribution is 2.49. The molecule has 1 aromatic rings. The molecule has 0 saturated heterocycles. The minimum absolute atomic E-state index is 0.242. The van der Waals surface area contributed by atoms with E-state index in [-0.39, 0.29) is 11.9 Å². The average Bonchev–Trinajstić information content (AvgIpc) is 2.96. The molecule has 4 unspecified atom stereocenters. The molecule has 2 fully saturated rings. The van der Waals surface area contributed by atoms with Crippen LogP contribution >= 0.6 is 15.9 Å². The van der Waals surface area contributed by atoms with Crippen LogP contribution in [0.25, 0.3) is 0 Å². The quantitative estimate of drug-likeness (QED) is 0.896. The maximum Gasteiger partial charge on any atom is 0.137 e. The van der Waals surface area contributed by atoms with Gasteiger partial charge in [-0.05, 0) is 77.1 Å². The molecule has 2 aliphatic carbocycles. The van der Waals surface area contributed by atoms with Crippen molar-refractivity contribution in [2.45, 2.75) is 38.2 Å². The van der Waals surface area contributed by atoms with Gasteiger partial charge in [-0.1, -0.05) is 12.5 Å². The van der Waals surface area contributed by atoms with Gasteiger partial charge in [0, 0.05) is 0 Å². The Labute approximate surface area is 116 Å². The second-order valence-electron chi connectivity index (χ2n) is 5.86. The summed E-state index contributed by atoms with van der Waals surface area (Å²) >= 11 is 3.20. The van der Waals surface area contributed by atoms with Crippen LogP contribution in [0.15, 0.2) is 22.7 Å². The maximum absolute atomic E-state index is 13.2. The molecule has 1 nitrogen and oxygen atoms in total. The molecule has 1 aromatic carbocycles. The van der Waals surface area contributed by atoms with E-state index < -0.39 is 0 Å². The van der Waals surface area contributed by atoms with Gasteiger partial charge >= 0.3 is 0 Å². The molecular formula is C15H18BrFO. The van der Waals surface area contributed by atoms with E-state index in [1.807, 2.05) is 0 Å². The fourth-order valence-electron chi connectivity index (χ4n) is 3.82. The number of fused-ring (bicyclic) bond motifs is 2. The van der Waals surface area contributed by atoms with Crippen molar-refractivity contribution in [3.8, 4) is 0 Å². The number of aliphatic hydroxyl groups excluding tert-OH is 1. The zero-order chi connectivity index (χ0) is 12.7. The van der Waals surface area contributed by atoms with Crippen LogP contribution in [-0.2, 0) is 6.42 Å². The number of rotatable bonds is 3. The molecule has 2 bridgehead atoms. The maximum atomic E-state index is 13.2. The Bertz CT molecular complexity index is 448. The molecule has 2 saturated carbocycles. The van der Waals surface area contributed by atoms with Crippen molar-refractivity contribution in [3.05, 3.63) is 34.1 Å². The summed E-state index contributed by atoms with van der Waals surface area (Å²) in [6.07, 6.45) is 5.53. The summed E-state index contributed by atoms with van der Waals surface area (Å²) in [6, 6.07) is 5.02. The van der Waals surface area contributed by atoms with Gasteiger partial charge in [-0.3, -0.25) is 0 Å². The first-order chi connectivity index (χ1) is 8.63. The van der Waals surface area contributed by atoms with Gasteiger partial charge in [-0.15, -0.1) is 0 Å². The summed E-state index contributed by atoms with van der Waals surface area (Å²) in [5, 5.41) is 10.4. The molecule has 1 N–H and O–H groups in total. The van der Waals surface area contributed by atoms with Crippen molar-refractivity contribution in [2.75, 3.05) is 0 Å². The van der Waals surface area contributed by atoms with Crippen LogP contribution in [0.4, 0.5) is 4.39 Å². The van der Waals surface area contributed by atoms with Crippen LogP contribution < -0.4 is 0 Å². The first-order valence-corrected chi connectivity index (χ1v) is 7.55. The van der Waals surface area contributed by atoms with Crippen molar-refractivity contribution in [1.82, 2.24) is 0 Å². The van der Waals surface area contributed by atoms with Gasteiger partial charge in [0.2, 0.25) is 0 Å². The molecule has 0 amide bonds. The van der Waals surface area contributed by atoms with E-state index >= 15 is 0 Å². The fraction of sp³-hybridized carbons (Fsp3) is 0.600. The molecule has 0 radical (unpaired) electrons. The molecule has 18 heavy (non-hydrogen) atoms. The highest BCUT2D eigenvalue weighted by Gasteiger charge is 2.42. The van der Waals surface area contributed by atoms with E-state index in [0.717, 1.165) is 17.4 Å². The normalized spacial score (nSPS) is 31.8. The Balaban J connectivity index is 1.67. The van der Waals surface area contributed by atoms with Crippen molar-refractivity contribution in [1.29, 1.82) is 0 Å².